The van der Waals surface area contributed by atoms with Crippen molar-refractivity contribution in [2.45, 2.75) is 0 Å². The maximum Gasteiger partial charge on any atom is 0.261 e. The zero-order chi connectivity index (χ0) is 21.1. The molecule has 0 atom stereocenters. The van der Waals surface area contributed by atoms with Crippen molar-refractivity contribution < 1.29 is 14.7 Å². The van der Waals surface area contributed by atoms with Crippen LogP contribution in [-0.2, 0) is 0 Å². The van der Waals surface area contributed by atoms with Crippen molar-refractivity contribution in [2.75, 3.05) is 5.32 Å². The van der Waals surface area contributed by atoms with Crippen molar-refractivity contribution in [2.24, 2.45) is 0 Å². The van der Waals surface area contributed by atoms with Gasteiger partial charge in [-0.05, 0) is 18.2 Å². The van der Waals surface area contributed by atoms with Gasteiger partial charge in [0.05, 0.1) is 11.3 Å². The van der Waals surface area contributed by atoms with Crippen LogP contribution < -0.4 is 5.32 Å². The van der Waals surface area contributed by atoms with Crippen LogP contribution in [0.25, 0.3) is 11.3 Å². The van der Waals surface area contributed by atoms with E-state index >= 15 is 0 Å². The molecular weight excluding hydrogens is 464 g/mol. The van der Waals surface area contributed by atoms with Gasteiger partial charge in [0.1, 0.15) is 10.6 Å². The van der Waals surface area contributed by atoms with Crippen LogP contribution in [-0.4, -0.2) is 21.8 Å². The van der Waals surface area contributed by atoms with Gasteiger partial charge in [-0.2, -0.15) is 0 Å². The van der Waals surface area contributed by atoms with E-state index in [0.717, 1.165) is 16.9 Å². The maximum atomic E-state index is 13.1. The fraction of sp³-hybridized carbons (Fsp3) is 0. The number of hydrogen-bond acceptors (Lipinski definition) is 5. The van der Waals surface area contributed by atoms with Gasteiger partial charge in [-0.15, -0.1) is 0 Å². The molecule has 1 heterocycles. The molecule has 0 aliphatic carbocycles. The lowest BCUT2D eigenvalue weighted by molar-refractivity contribution is 0.102. The third-order valence-corrected chi connectivity index (χ3v) is 5.80. The average Bonchev–Trinajstić information content (AvgIpc) is 3.19. The molecule has 0 saturated carbocycles. The third kappa shape index (κ3) is 4.17. The Kier molecular flexibility index (Phi) is 5.74. The van der Waals surface area contributed by atoms with Crippen molar-refractivity contribution in [1.82, 2.24) is 4.98 Å². The minimum absolute atomic E-state index is 0.108. The average molecular weight is 479 g/mol. The van der Waals surface area contributed by atoms with Crippen molar-refractivity contribution in [1.29, 1.82) is 0 Å². The Morgan fingerprint density at radius 3 is 2.30 bits per heavy atom. The topological polar surface area (TPSA) is 79.3 Å². The molecule has 5 nitrogen and oxygen atoms in total. The summed E-state index contributed by atoms with van der Waals surface area (Å²) >= 11 is 4.40. The van der Waals surface area contributed by atoms with Crippen molar-refractivity contribution in [3.05, 3.63) is 99.3 Å². The van der Waals surface area contributed by atoms with E-state index in [9.17, 15) is 14.7 Å². The molecule has 0 fully saturated rings. The minimum atomic E-state index is -0.513. The molecule has 0 saturated heterocycles. The number of benzene rings is 3. The van der Waals surface area contributed by atoms with Crippen molar-refractivity contribution in [3.8, 4) is 17.0 Å². The lowest BCUT2D eigenvalue weighted by Crippen LogP contribution is -2.11. The lowest BCUT2D eigenvalue weighted by atomic mass is 10.1. The van der Waals surface area contributed by atoms with Gasteiger partial charge in [-0.25, -0.2) is 4.98 Å². The number of nitrogens with zero attached hydrogens (tertiary/aromatic N) is 1. The number of anilines is 1. The van der Waals surface area contributed by atoms with E-state index in [0.29, 0.717) is 20.6 Å². The van der Waals surface area contributed by atoms with Gasteiger partial charge in [0.15, 0.2) is 5.13 Å². The molecule has 0 bridgehead atoms. The summed E-state index contributed by atoms with van der Waals surface area (Å²) in [5.74, 6) is -0.824. The van der Waals surface area contributed by atoms with Crippen LogP contribution >= 0.6 is 27.3 Å². The number of aromatic nitrogens is 1. The molecular formula is C23H15BrN2O3S. The molecule has 4 aromatic rings. The fourth-order valence-electron chi connectivity index (χ4n) is 2.89. The summed E-state index contributed by atoms with van der Waals surface area (Å²) in [7, 11) is 0. The molecule has 2 N–H and O–H groups in total. The highest BCUT2D eigenvalue weighted by Gasteiger charge is 2.22. The molecule has 4 rings (SSSR count). The summed E-state index contributed by atoms with van der Waals surface area (Å²) in [6.45, 7) is 0. The van der Waals surface area contributed by atoms with E-state index in [-0.39, 0.29) is 22.2 Å². The van der Waals surface area contributed by atoms with Crippen LogP contribution in [0.2, 0.25) is 0 Å². The first-order chi connectivity index (χ1) is 14.5. The first-order valence-electron chi connectivity index (χ1n) is 8.99. The number of carbonyl (C=O) groups is 2. The van der Waals surface area contributed by atoms with Crippen molar-refractivity contribution in [3.63, 3.8) is 0 Å². The fourth-order valence-corrected chi connectivity index (χ4v) is 4.20. The van der Waals surface area contributed by atoms with E-state index < -0.39 is 5.91 Å². The molecule has 30 heavy (non-hydrogen) atoms. The summed E-state index contributed by atoms with van der Waals surface area (Å²) in [4.78, 5) is 30.7. The molecule has 0 unspecified atom stereocenters. The molecule has 1 aromatic heterocycles. The number of amides is 1. The summed E-state index contributed by atoms with van der Waals surface area (Å²) in [5.41, 5.74) is 1.93. The van der Waals surface area contributed by atoms with Crippen LogP contribution in [0, 0.1) is 0 Å². The summed E-state index contributed by atoms with van der Waals surface area (Å²) in [6.07, 6.45) is 0. The summed E-state index contributed by atoms with van der Waals surface area (Å²) < 4.78 is 0.662. The Hall–Kier alpha value is -3.29. The van der Waals surface area contributed by atoms with Gasteiger partial charge < -0.3 is 5.11 Å². The molecule has 0 aliphatic rings. The molecule has 3 aromatic carbocycles. The van der Waals surface area contributed by atoms with Gasteiger partial charge in [0.2, 0.25) is 5.78 Å². The van der Waals surface area contributed by atoms with Crippen LogP contribution in [0.5, 0.6) is 5.75 Å². The van der Waals surface area contributed by atoms with Gasteiger partial charge >= 0.3 is 0 Å². The van der Waals surface area contributed by atoms with Crippen LogP contribution in [0.4, 0.5) is 5.13 Å². The van der Waals surface area contributed by atoms with Gasteiger partial charge in [0, 0.05) is 15.6 Å². The quantitative estimate of drug-likeness (QED) is 0.357. The minimum Gasteiger partial charge on any atom is -0.507 e. The van der Waals surface area contributed by atoms with Gasteiger partial charge in [-0.3, -0.25) is 14.9 Å². The standard InChI is InChI=1S/C23H15BrN2O3S/c24-16-11-12-18(27)17(13-16)22(29)26-23-25-19(14-7-3-1-4-8-14)21(30-23)20(28)15-9-5-2-6-10-15/h1-13,27H,(H,25,26,29). The maximum absolute atomic E-state index is 13.1. The second kappa shape index (κ2) is 8.61. The largest absolute Gasteiger partial charge is 0.507 e. The van der Waals surface area contributed by atoms with E-state index in [2.05, 4.69) is 26.2 Å². The number of ketones is 1. The van der Waals surface area contributed by atoms with E-state index in [1.807, 2.05) is 36.4 Å². The van der Waals surface area contributed by atoms with Crippen LogP contribution in [0.3, 0.4) is 0 Å². The Balaban J connectivity index is 1.73. The van der Waals surface area contributed by atoms with Gasteiger partial charge in [0.25, 0.3) is 5.91 Å². The number of phenols is 1. The van der Waals surface area contributed by atoms with E-state index in [4.69, 9.17) is 0 Å². The molecule has 1 amide bonds. The van der Waals surface area contributed by atoms with Crippen LogP contribution in [0.1, 0.15) is 25.6 Å². The highest BCUT2D eigenvalue weighted by Crippen LogP contribution is 2.33. The van der Waals surface area contributed by atoms with Gasteiger partial charge in [-0.1, -0.05) is 87.9 Å². The smallest absolute Gasteiger partial charge is 0.261 e. The predicted octanol–water partition coefficient (Wildman–Crippen LogP) is 5.76. The highest BCUT2D eigenvalue weighted by atomic mass is 79.9. The Morgan fingerprint density at radius 1 is 0.933 bits per heavy atom. The second-order valence-corrected chi connectivity index (χ2v) is 8.29. The third-order valence-electron chi connectivity index (χ3n) is 4.34. The van der Waals surface area contributed by atoms with Crippen LogP contribution in [0.15, 0.2) is 83.3 Å². The molecule has 0 spiro atoms. The SMILES string of the molecule is O=C(Nc1nc(-c2ccccc2)c(C(=O)c2ccccc2)s1)c1cc(Br)ccc1O. The molecule has 7 heteroatoms. The van der Waals surface area contributed by atoms with E-state index in [1.54, 1.807) is 30.3 Å². The first kappa shape index (κ1) is 20.0. The van der Waals surface area contributed by atoms with Crippen molar-refractivity contribution >= 4 is 44.1 Å². The summed E-state index contributed by atoms with van der Waals surface area (Å²) in [6, 6.07) is 22.9. The zero-order valence-corrected chi connectivity index (χ0v) is 17.9. The Bertz CT molecular complexity index is 1220. The normalized spacial score (nSPS) is 10.6. The number of aromatic hydroxyl groups is 1. The lowest BCUT2D eigenvalue weighted by Gasteiger charge is -2.04. The number of thiazole rings is 1. The number of halogens is 1. The Labute approximate surface area is 185 Å². The number of hydrogen-bond donors (Lipinski definition) is 2. The number of carbonyl (C=O) groups excluding carboxylic acids is 2. The summed E-state index contributed by atoms with van der Waals surface area (Å²) in [5, 5.41) is 13.0. The number of rotatable bonds is 5. The molecule has 0 aliphatic heterocycles. The predicted molar refractivity (Wildman–Crippen MR) is 121 cm³/mol. The first-order valence-corrected chi connectivity index (χ1v) is 10.6. The highest BCUT2D eigenvalue weighted by molar-refractivity contribution is 9.10. The molecule has 0 radical (unpaired) electrons. The monoisotopic (exact) mass is 478 g/mol. The number of phenolic OH excluding ortho intramolecular Hbond substituents is 1. The zero-order valence-electron chi connectivity index (χ0n) is 15.5. The second-order valence-electron chi connectivity index (χ2n) is 6.37. The number of nitrogens with one attached hydrogen (secondary N) is 1. The Morgan fingerprint density at radius 2 is 1.60 bits per heavy atom. The van der Waals surface area contributed by atoms with E-state index in [1.165, 1.54) is 12.1 Å². The molecule has 148 valence electrons.